The van der Waals surface area contributed by atoms with Crippen LogP contribution < -0.4 is 0 Å². The van der Waals surface area contributed by atoms with Crippen molar-refractivity contribution in [3.8, 4) is 0 Å². The lowest BCUT2D eigenvalue weighted by atomic mass is 9.97. The summed E-state index contributed by atoms with van der Waals surface area (Å²) < 4.78 is 0. The Kier molecular flexibility index (Phi) is 2.40. The first kappa shape index (κ1) is 10.4. The number of nitrogens with one attached hydrogen (secondary N) is 1. The molecule has 2 aromatic carbocycles. The summed E-state index contributed by atoms with van der Waals surface area (Å²) in [6.07, 6.45) is 1.19. The quantitative estimate of drug-likeness (QED) is 0.640. The average molecular weight is 223 g/mol. The van der Waals surface area contributed by atoms with Crippen LogP contribution >= 0.6 is 0 Å². The number of aromatic nitrogens is 1. The van der Waals surface area contributed by atoms with E-state index < -0.39 is 0 Å². The maximum atomic E-state index is 3.46. The topological polar surface area (TPSA) is 15.8 Å². The van der Waals surface area contributed by atoms with Crippen molar-refractivity contribution >= 4 is 21.8 Å². The molecule has 1 heteroatoms. The molecule has 0 saturated carbocycles. The molecule has 3 rings (SSSR count). The second-order valence-corrected chi connectivity index (χ2v) is 4.78. The number of aromatic amines is 1. The fraction of sp³-hybridized carbons (Fsp3) is 0.250. The van der Waals surface area contributed by atoms with Gasteiger partial charge in [-0.1, -0.05) is 38.1 Å². The van der Waals surface area contributed by atoms with Gasteiger partial charge in [-0.05, 0) is 36.1 Å². The number of hydrogen-bond acceptors (Lipinski definition) is 0. The van der Waals surface area contributed by atoms with E-state index in [-0.39, 0.29) is 0 Å². The van der Waals surface area contributed by atoms with Gasteiger partial charge in [-0.15, -0.1) is 0 Å². The van der Waals surface area contributed by atoms with Crippen LogP contribution in [-0.2, 0) is 0 Å². The molecule has 0 radical (unpaired) electrons. The first-order chi connectivity index (χ1) is 8.29. The van der Waals surface area contributed by atoms with E-state index in [0.29, 0.717) is 5.92 Å². The van der Waals surface area contributed by atoms with Crippen LogP contribution in [0.1, 0.15) is 31.7 Å². The van der Waals surface area contributed by atoms with E-state index in [2.05, 4.69) is 61.3 Å². The number of benzene rings is 2. The third-order valence-electron chi connectivity index (χ3n) is 3.71. The van der Waals surface area contributed by atoms with Crippen molar-refractivity contribution in [2.75, 3.05) is 0 Å². The molecule has 1 unspecified atom stereocenters. The highest BCUT2D eigenvalue weighted by Crippen LogP contribution is 2.29. The molecule has 0 aliphatic carbocycles. The van der Waals surface area contributed by atoms with Crippen molar-refractivity contribution in [2.24, 2.45) is 0 Å². The van der Waals surface area contributed by atoms with Crippen molar-refractivity contribution in [1.29, 1.82) is 0 Å². The van der Waals surface area contributed by atoms with Crippen LogP contribution in [0, 0.1) is 0 Å². The second kappa shape index (κ2) is 3.92. The average Bonchev–Trinajstić information content (AvgIpc) is 2.75. The minimum Gasteiger partial charge on any atom is -0.355 e. The van der Waals surface area contributed by atoms with Gasteiger partial charge in [-0.3, -0.25) is 0 Å². The van der Waals surface area contributed by atoms with E-state index in [0.717, 1.165) is 0 Å². The van der Waals surface area contributed by atoms with Crippen molar-refractivity contribution in [1.82, 2.24) is 4.98 Å². The Morgan fingerprint density at radius 3 is 2.59 bits per heavy atom. The molecule has 0 aliphatic heterocycles. The molecule has 1 aromatic heterocycles. The zero-order chi connectivity index (χ0) is 11.8. The highest BCUT2D eigenvalue weighted by molar-refractivity contribution is 6.07. The maximum absolute atomic E-state index is 3.46. The summed E-state index contributed by atoms with van der Waals surface area (Å²) in [4.78, 5) is 3.46. The highest BCUT2D eigenvalue weighted by atomic mass is 14.7. The Bertz CT molecular complexity index is 663. The normalized spacial score (nSPS) is 13.3. The van der Waals surface area contributed by atoms with Gasteiger partial charge in [0, 0.05) is 21.8 Å². The predicted molar refractivity (Wildman–Crippen MR) is 74.5 cm³/mol. The minimum atomic E-state index is 0.632. The van der Waals surface area contributed by atoms with Gasteiger partial charge in [0.1, 0.15) is 0 Å². The SMILES string of the molecule is CCC(C)c1ccc2[nH]c3ccccc3c2c1. The van der Waals surface area contributed by atoms with Crippen LogP contribution in [0.25, 0.3) is 21.8 Å². The van der Waals surface area contributed by atoms with Crippen LogP contribution in [0.15, 0.2) is 42.5 Å². The lowest BCUT2D eigenvalue weighted by Crippen LogP contribution is -1.90. The zero-order valence-corrected chi connectivity index (χ0v) is 10.3. The molecule has 0 bridgehead atoms. The zero-order valence-electron chi connectivity index (χ0n) is 10.3. The molecule has 1 heterocycles. The molecule has 86 valence electrons. The van der Waals surface area contributed by atoms with E-state index >= 15 is 0 Å². The van der Waals surface area contributed by atoms with Crippen molar-refractivity contribution in [3.63, 3.8) is 0 Å². The van der Waals surface area contributed by atoms with Gasteiger partial charge < -0.3 is 4.98 Å². The first-order valence-corrected chi connectivity index (χ1v) is 6.30. The summed E-state index contributed by atoms with van der Waals surface area (Å²) in [6.45, 7) is 4.53. The van der Waals surface area contributed by atoms with Gasteiger partial charge in [0.25, 0.3) is 0 Å². The van der Waals surface area contributed by atoms with E-state index in [1.54, 1.807) is 0 Å². The molecular formula is C16H17N. The number of hydrogen-bond donors (Lipinski definition) is 1. The van der Waals surface area contributed by atoms with Gasteiger partial charge in [-0.2, -0.15) is 0 Å². The summed E-state index contributed by atoms with van der Waals surface area (Å²) in [7, 11) is 0. The van der Waals surface area contributed by atoms with Crippen LogP contribution in [-0.4, -0.2) is 4.98 Å². The lowest BCUT2D eigenvalue weighted by molar-refractivity contribution is 0.735. The minimum absolute atomic E-state index is 0.632. The highest BCUT2D eigenvalue weighted by Gasteiger charge is 2.07. The summed E-state index contributed by atoms with van der Waals surface area (Å²) in [5.41, 5.74) is 3.90. The van der Waals surface area contributed by atoms with Crippen LogP contribution in [0.3, 0.4) is 0 Å². The van der Waals surface area contributed by atoms with Crippen molar-refractivity contribution in [2.45, 2.75) is 26.2 Å². The Morgan fingerprint density at radius 1 is 1.00 bits per heavy atom. The number of rotatable bonds is 2. The Labute approximate surface area is 101 Å². The van der Waals surface area contributed by atoms with Gasteiger partial charge >= 0.3 is 0 Å². The Hall–Kier alpha value is -1.76. The molecule has 0 aliphatic rings. The van der Waals surface area contributed by atoms with E-state index in [9.17, 15) is 0 Å². The second-order valence-electron chi connectivity index (χ2n) is 4.78. The van der Waals surface area contributed by atoms with E-state index in [1.807, 2.05) is 0 Å². The van der Waals surface area contributed by atoms with Gasteiger partial charge in [-0.25, -0.2) is 0 Å². The molecule has 0 amide bonds. The summed E-state index contributed by atoms with van der Waals surface area (Å²) in [6, 6.07) is 15.3. The molecule has 1 nitrogen and oxygen atoms in total. The summed E-state index contributed by atoms with van der Waals surface area (Å²) in [5, 5.41) is 2.67. The standard InChI is InChI=1S/C16H17N/c1-3-11(2)12-8-9-16-14(10-12)13-6-4-5-7-15(13)17-16/h4-11,17H,3H2,1-2H3. The van der Waals surface area contributed by atoms with Crippen molar-refractivity contribution < 1.29 is 0 Å². The third-order valence-corrected chi connectivity index (χ3v) is 3.71. The monoisotopic (exact) mass is 223 g/mol. The molecule has 1 atom stereocenters. The van der Waals surface area contributed by atoms with Crippen LogP contribution in [0.5, 0.6) is 0 Å². The largest absolute Gasteiger partial charge is 0.355 e. The Morgan fingerprint density at radius 2 is 1.76 bits per heavy atom. The molecule has 1 N–H and O–H groups in total. The number of H-pyrrole nitrogens is 1. The smallest absolute Gasteiger partial charge is 0.0465 e. The third kappa shape index (κ3) is 1.62. The number of fused-ring (bicyclic) bond motifs is 3. The first-order valence-electron chi connectivity index (χ1n) is 6.30. The molecule has 0 saturated heterocycles. The van der Waals surface area contributed by atoms with Gasteiger partial charge in [0.15, 0.2) is 0 Å². The fourth-order valence-electron chi connectivity index (χ4n) is 2.41. The van der Waals surface area contributed by atoms with Crippen LogP contribution in [0.4, 0.5) is 0 Å². The van der Waals surface area contributed by atoms with E-state index in [4.69, 9.17) is 0 Å². The van der Waals surface area contributed by atoms with Gasteiger partial charge in [0.05, 0.1) is 0 Å². The summed E-state index contributed by atoms with van der Waals surface area (Å²) >= 11 is 0. The molecule has 0 fully saturated rings. The molecule has 17 heavy (non-hydrogen) atoms. The molecule has 3 aromatic rings. The molecule has 0 spiro atoms. The number of para-hydroxylation sites is 1. The maximum Gasteiger partial charge on any atom is 0.0465 e. The Balaban J connectivity index is 2.30. The molecular weight excluding hydrogens is 206 g/mol. The lowest BCUT2D eigenvalue weighted by Gasteiger charge is -2.08. The van der Waals surface area contributed by atoms with Crippen molar-refractivity contribution in [3.05, 3.63) is 48.0 Å². The van der Waals surface area contributed by atoms with E-state index in [1.165, 1.54) is 33.8 Å². The fourth-order valence-corrected chi connectivity index (χ4v) is 2.41. The van der Waals surface area contributed by atoms with Gasteiger partial charge in [0.2, 0.25) is 0 Å². The van der Waals surface area contributed by atoms with Crippen LogP contribution in [0.2, 0.25) is 0 Å². The summed E-state index contributed by atoms with van der Waals surface area (Å²) in [5.74, 6) is 0.632. The predicted octanol–water partition coefficient (Wildman–Crippen LogP) is 4.83.